The van der Waals surface area contributed by atoms with Gasteiger partial charge in [0.25, 0.3) is 16.6 Å². The first kappa shape index (κ1) is 42.1. The third-order valence-electron chi connectivity index (χ3n) is 10.7. The fourth-order valence-electron chi connectivity index (χ4n) is 7.64. The third kappa shape index (κ3) is 9.53. The molecule has 0 aliphatic heterocycles. The van der Waals surface area contributed by atoms with Crippen LogP contribution in [0.25, 0.3) is 0 Å². The van der Waals surface area contributed by atoms with Crippen LogP contribution in [0.15, 0.2) is 145 Å². The minimum Gasteiger partial charge on any atom is -0.441 e. The van der Waals surface area contributed by atoms with Crippen molar-refractivity contribution in [3.8, 4) is 0 Å². The van der Waals surface area contributed by atoms with Crippen molar-refractivity contribution in [1.82, 2.24) is 0 Å². The Bertz CT molecular complexity index is 1570. The highest BCUT2D eigenvalue weighted by molar-refractivity contribution is 7.11. The number of unbranched alkanes of at least 4 members (excludes halogenated alkanes) is 2. The lowest BCUT2D eigenvalue weighted by atomic mass is 10.0. The van der Waals surface area contributed by atoms with Gasteiger partial charge in [0.1, 0.15) is 0 Å². The SMILES string of the molecule is C/C(=C/CCCC(C)(C)[Si](O[Si](c1ccccc1)(c1ccccc1)C(C)(C)CCC/C=C(/C)C(F)(F)F)(c1ccccc1)c1ccccc1)C(F)(F)F. The van der Waals surface area contributed by atoms with Crippen LogP contribution in [-0.2, 0) is 4.12 Å². The molecule has 9 heteroatoms. The predicted octanol–water partition coefficient (Wildman–Crippen LogP) is 11.4. The fourth-order valence-corrected chi connectivity index (χ4v) is 21.1. The quantitative estimate of drug-likeness (QED) is 0.0478. The molecule has 1 nitrogen and oxygen atoms in total. The van der Waals surface area contributed by atoms with E-state index in [4.69, 9.17) is 4.12 Å². The van der Waals surface area contributed by atoms with E-state index in [1.54, 1.807) is 0 Å². The van der Waals surface area contributed by atoms with Gasteiger partial charge in [0.2, 0.25) is 0 Å². The number of benzene rings is 4. The molecular weight excluding hydrogens is 715 g/mol. The lowest BCUT2D eigenvalue weighted by Gasteiger charge is -2.55. The zero-order chi connectivity index (χ0) is 39.0. The zero-order valence-electron chi connectivity index (χ0n) is 31.6. The Kier molecular flexibility index (Phi) is 13.7. The molecule has 4 aromatic carbocycles. The molecule has 0 bridgehead atoms. The summed E-state index contributed by atoms with van der Waals surface area (Å²) in [5.74, 6) is 0. The minimum absolute atomic E-state index is 0.277. The second kappa shape index (κ2) is 17.2. The van der Waals surface area contributed by atoms with Crippen LogP contribution in [0.2, 0.25) is 10.1 Å². The molecule has 0 aliphatic carbocycles. The maximum Gasteiger partial charge on any atom is 0.412 e. The van der Waals surface area contributed by atoms with Crippen molar-refractivity contribution in [2.45, 2.75) is 102 Å². The van der Waals surface area contributed by atoms with E-state index in [1.807, 2.05) is 72.8 Å². The molecule has 0 saturated carbocycles. The van der Waals surface area contributed by atoms with E-state index in [1.165, 1.54) is 12.2 Å². The first-order chi connectivity index (χ1) is 24.9. The van der Waals surface area contributed by atoms with Crippen molar-refractivity contribution >= 4 is 37.4 Å². The average molecular weight is 767 g/mol. The van der Waals surface area contributed by atoms with Gasteiger partial charge in [-0.1, -0.05) is 161 Å². The summed E-state index contributed by atoms with van der Waals surface area (Å²) in [5.41, 5.74) is -1.19. The van der Waals surface area contributed by atoms with Gasteiger partial charge in [0.05, 0.1) is 0 Å². The summed E-state index contributed by atoms with van der Waals surface area (Å²) >= 11 is 0. The first-order valence-corrected chi connectivity index (χ1v) is 22.1. The van der Waals surface area contributed by atoms with Crippen LogP contribution in [-0.4, -0.2) is 29.0 Å². The van der Waals surface area contributed by atoms with E-state index in [0.717, 1.165) is 34.6 Å². The van der Waals surface area contributed by atoms with Crippen LogP contribution in [0.1, 0.15) is 80.1 Å². The monoisotopic (exact) mass is 766 g/mol. The Labute approximate surface area is 314 Å². The van der Waals surface area contributed by atoms with Crippen LogP contribution >= 0.6 is 0 Å². The van der Waals surface area contributed by atoms with Crippen molar-refractivity contribution in [3.63, 3.8) is 0 Å². The van der Waals surface area contributed by atoms with Gasteiger partial charge >= 0.3 is 12.4 Å². The highest BCUT2D eigenvalue weighted by Gasteiger charge is 2.62. The van der Waals surface area contributed by atoms with E-state index < -0.39 is 50.2 Å². The minimum atomic E-state index is -4.37. The highest BCUT2D eigenvalue weighted by Crippen LogP contribution is 2.49. The second-order valence-corrected chi connectivity index (χ2v) is 23.8. The molecule has 0 atom stereocenters. The number of halogens is 6. The lowest BCUT2D eigenvalue weighted by molar-refractivity contribution is -0.0924. The summed E-state index contributed by atoms with van der Waals surface area (Å²) in [6, 6.07) is 41.1. The number of allylic oxidation sites excluding steroid dienone is 4. The summed E-state index contributed by atoms with van der Waals surface area (Å²) in [4.78, 5) is 0. The number of hydrogen-bond acceptors (Lipinski definition) is 1. The summed E-state index contributed by atoms with van der Waals surface area (Å²) < 4.78 is 89.1. The van der Waals surface area contributed by atoms with Gasteiger partial charge in [-0.25, -0.2) is 0 Å². The van der Waals surface area contributed by atoms with Gasteiger partial charge in [-0.15, -0.1) is 0 Å². The predicted molar refractivity (Wildman–Crippen MR) is 212 cm³/mol. The normalized spacial score (nSPS) is 14.0. The molecule has 0 aromatic heterocycles. The Morgan fingerprint density at radius 1 is 0.472 bits per heavy atom. The number of alkyl halides is 6. The van der Waals surface area contributed by atoms with Crippen LogP contribution < -0.4 is 20.7 Å². The van der Waals surface area contributed by atoms with Crippen molar-refractivity contribution in [2.24, 2.45) is 0 Å². The Hall–Kier alpha value is -3.67. The molecule has 0 aliphatic rings. The largest absolute Gasteiger partial charge is 0.441 e. The second-order valence-electron chi connectivity index (χ2n) is 15.3. The van der Waals surface area contributed by atoms with Crippen molar-refractivity contribution < 1.29 is 30.5 Å². The van der Waals surface area contributed by atoms with Gasteiger partial charge in [0, 0.05) is 11.1 Å². The number of hydrogen-bond donors (Lipinski definition) is 0. The zero-order valence-corrected chi connectivity index (χ0v) is 33.6. The molecule has 53 heavy (non-hydrogen) atoms. The van der Waals surface area contributed by atoms with Gasteiger partial charge in [0.15, 0.2) is 0 Å². The summed E-state index contributed by atoms with van der Waals surface area (Å²) in [5, 5.41) is 3.14. The fraction of sp³-hybridized carbons (Fsp3) is 0.364. The molecule has 4 rings (SSSR count). The Morgan fingerprint density at radius 3 is 0.943 bits per heavy atom. The van der Waals surface area contributed by atoms with Gasteiger partial charge in [-0.3, -0.25) is 0 Å². The van der Waals surface area contributed by atoms with E-state index in [2.05, 4.69) is 76.2 Å². The third-order valence-corrected chi connectivity index (χ3v) is 22.1. The van der Waals surface area contributed by atoms with Crippen LogP contribution in [0.5, 0.6) is 0 Å². The van der Waals surface area contributed by atoms with Gasteiger partial charge in [-0.05, 0) is 83.2 Å². The first-order valence-electron chi connectivity index (χ1n) is 18.3. The van der Waals surface area contributed by atoms with Crippen LogP contribution in [0.3, 0.4) is 0 Å². The van der Waals surface area contributed by atoms with Gasteiger partial charge in [-0.2, -0.15) is 26.3 Å². The van der Waals surface area contributed by atoms with Crippen LogP contribution in [0, 0.1) is 0 Å². The van der Waals surface area contributed by atoms with Crippen molar-refractivity contribution in [1.29, 1.82) is 0 Å². The Morgan fingerprint density at radius 2 is 0.717 bits per heavy atom. The molecule has 284 valence electrons. The average Bonchev–Trinajstić information content (AvgIpc) is 3.13. The molecule has 0 saturated heterocycles. The summed E-state index contributed by atoms with van der Waals surface area (Å²) in [7, 11) is -6.86. The summed E-state index contributed by atoms with van der Waals surface area (Å²) in [6.07, 6.45) is -3.36. The van der Waals surface area contributed by atoms with Crippen LogP contribution in [0.4, 0.5) is 26.3 Å². The molecule has 0 spiro atoms. The standard InChI is InChI=1S/C44H52F6OSi2/c1-35(43(45,46)47)23-19-21-33-41(3,4)52(37-25-11-7-12-26-37,38-27-13-8-14-28-38)51-53(39-29-15-9-16-30-39,40-31-17-10-18-32-40)42(5,6)34-22-20-24-36(2)44(48,49)50/h7-18,23-32H,19-22,33-34H2,1-6H3/b35-23-,36-24-. The molecule has 0 radical (unpaired) electrons. The molecule has 0 N–H and O–H groups in total. The number of rotatable bonds is 16. The maximum absolute atomic E-state index is 13.4. The topological polar surface area (TPSA) is 9.23 Å². The van der Waals surface area contributed by atoms with Gasteiger partial charge < -0.3 is 4.12 Å². The van der Waals surface area contributed by atoms with Crippen molar-refractivity contribution in [2.75, 3.05) is 0 Å². The summed E-state index contributed by atoms with van der Waals surface area (Å²) in [6.45, 7) is 11.0. The Balaban J connectivity index is 2.01. The molecule has 0 heterocycles. The maximum atomic E-state index is 13.4. The molecule has 0 amide bonds. The molecule has 0 unspecified atom stereocenters. The molecule has 4 aromatic rings. The van der Waals surface area contributed by atoms with E-state index >= 15 is 0 Å². The smallest absolute Gasteiger partial charge is 0.412 e. The molecular formula is C44H52F6OSi2. The highest BCUT2D eigenvalue weighted by atomic mass is 28.4. The van der Waals surface area contributed by atoms with E-state index in [0.29, 0.717) is 25.7 Å². The van der Waals surface area contributed by atoms with E-state index in [9.17, 15) is 26.3 Å². The lowest BCUT2D eigenvalue weighted by Crippen LogP contribution is -2.78. The molecule has 0 fully saturated rings. The van der Waals surface area contributed by atoms with Crippen molar-refractivity contribution in [3.05, 3.63) is 145 Å². The van der Waals surface area contributed by atoms with E-state index in [-0.39, 0.29) is 12.8 Å².